The summed E-state index contributed by atoms with van der Waals surface area (Å²) in [6.45, 7) is 6.88. The van der Waals surface area contributed by atoms with Gasteiger partial charge >= 0.3 is 23.9 Å². The Morgan fingerprint density at radius 1 is 0.961 bits per heavy atom. The van der Waals surface area contributed by atoms with E-state index in [1.54, 1.807) is 33.8 Å². The first kappa shape index (κ1) is 34.9. The van der Waals surface area contributed by atoms with Crippen molar-refractivity contribution in [1.82, 2.24) is 0 Å². The van der Waals surface area contributed by atoms with Crippen LogP contribution in [0, 0.1) is 34.0 Å². The number of aliphatic hydroxyl groups excluding tert-OH is 1. The maximum Gasteiger partial charge on any atom is 0.366 e. The molecule has 0 aromatic rings. The van der Waals surface area contributed by atoms with Gasteiger partial charge in [0.1, 0.15) is 28.8 Å². The number of ether oxygens (including phenoxy) is 9. The maximum atomic E-state index is 14.2. The van der Waals surface area contributed by atoms with Crippen LogP contribution in [0.3, 0.4) is 0 Å². The first-order valence-corrected chi connectivity index (χ1v) is 17.2. The SMILES string of the molecule is C/C=C(\C)C(=O)O[C@H]1C[C@H](OC(C)=O)[C@@]2(C(=O)OC)CO[C@@H]3[C@@H]2[C@@]12CO[C@@](O)(C(=O)OC)[C@H]2[C@@](C)([C@]12O[C@]1(C)[C@H]1C[C@H]2O[C@@H]2OC=C[C@@]21O)[C@H]3O. The number of methoxy groups -OCH3 is 2. The molecule has 280 valence electrons. The number of fused-ring (bicyclic) bond motifs is 7. The minimum atomic E-state index is -2.82. The van der Waals surface area contributed by atoms with E-state index in [1.807, 2.05) is 0 Å². The largest absolute Gasteiger partial charge is 0.469 e. The third kappa shape index (κ3) is 3.65. The van der Waals surface area contributed by atoms with Crippen LogP contribution in [0.5, 0.6) is 0 Å². The Bertz CT molecular complexity index is 1660. The number of aliphatic hydroxyl groups is 3. The molecule has 3 N–H and O–H groups in total. The van der Waals surface area contributed by atoms with Gasteiger partial charge in [0.25, 0.3) is 5.79 Å². The summed E-state index contributed by atoms with van der Waals surface area (Å²) in [5.41, 5.74) is -9.47. The first-order valence-electron chi connectivity index (χ1n) is 17.2. The third-order valence-corrected chi connectivity index (χ3v) is 14.1. The van der Waals surface area contributed by atoms with Crippen LogP contribution >= 0.6 is 0 Å². The minimum absolute atomic E-state index is 0.235. The van der Waals surface area contributed by atoms with Crippen molar-refractivity contribution in [2.75, 3.05) is 27.4 Å². The van der Waals surface area contributed by atoms with Crippen LogP contribution < -0.4 is 0 Å². The molecule has 1 spiro atoms. The van der Waals surface area contributed by atoms with Crippen molar-refractivity contribution in [3.8, 4) is 0 Å². The number of hydrogen-bond donors (Lipinski definition) is 3. The Balaban J connectivity index is 1.40. The molecule has 0 aromatic carbocycles. The molecular weight excluding hydrogens is 676 g/mol. The van der Waals surface area contributed by atoms with Crippen LogP contribution in [0.15, 0.2) is 24.0 Å². The Labute approximate surface area is 293 Å². The lowest BCUT2D eigenvalue weighted by atomic mass is 9.37. The van der Waals surface area contributed by atoms with Gasteiger partial charge in [0, 0.05) is 47.5 Å². The van der Waals surface area contributed by atoms with Crippen molar-refractivity contribution in [2.45, 2.75) is 107 Å². The number of esters is 4. The highest BCUT2D eigenvalue weighted by atomic mass is 16.7. The van der Waals surface area contributed by atoms with Gasteiger partial charge in [0.05, 0.1) is 52.0 Å². The molecular formula is C35H44O16. The van der Waals surface area contributed by atoms with E-state index in [0.29, 0.717) is 0 Å². The van der Waals surface area contributed by atoms with E-state index in [0.717, 1.165) is 14.2 Å². The van der Waals surface area contributed by atoms with E-state index in [2.05, 4.69) is 0 Å². The smallest absolute Gasteiger partial charge is 0.366 e. The average Bonchev–Trinajstić information content (AvgIpc) is 3.47. The molecule has 8 rings (SSSR count). The van der Waals surface area contributed by atoms with Gasteiger partial charge in [-0.1, -0.05) is 13.0 Å². The zero-order valence-electron chi connectivity index (χ0n) is 29.4. The highest BCUT2D eigenvalue weighted by Crippen LogP contribution is 2.83. The molecule has 7 fully saturated rings. The molecule has 8 aliphatic rings. The fourth-order valence-corrected chi connectivity index (χ4v) is 12.2. The number of rotatable bonds is 6. The van der Waals surface area contributed by atoms with Gasteiger partial charge in [-0.3, -0.25) is 9.59 Å². The van der Waals surface area contributed by atoms with Crippen molar-refractivity contribution in [1.29, 1.82) is 0 Å². The Morgan fingerprint density at radius 3 is 2.31 bits per heavy atom. The molecule has 0 amide bonds. The predicted molar refractivity (Wildman–Crippen MR) is 164 cm³/mol. The molecule has 2 bridgehead atoms. The van der Waals surface area contributed by atoms with Crippen molar-refractivity contribution >= 4 is 23.9 Å². The van der Waals surface area contributed by atoms with Gasteiger partial charge in [-0.05, 0) is 33.3 Å². The summed E-state index contributed by atoms with van der Waals surface area (Å²) in [4.78, 5) is 54.4. The van der Waals surface area contributed by atoms with Crippen LogP contribution in [0.1, 0.15) is 47.5 Å². The number of epoxide rings is 1. The Morgan fingerprint density at radius 2 is 1.67 bits per heavy atom. The van der Waals surface area contributed by atoms with E-state index >= 15 is 0 Å². The summed E-state index contributed by atoms with van der Waals surface area (Å²) >= 11 is 0. The van der Waals surface area contributed by atoms with Gasteiger partial charge in [0.2, 0.25) is 6.29 Å². The van der Waals surface area contributed by atoms with E-state index in [4.69, 9.17) is 42.6 Å². The van der Waals surface area contributed by atoms with Crippen LogP contribution in [-0.2, 0) is 61.8 Å². The van der Waals surface area contributed by atoms with Crippen molar-refractivity contribution in [2.24, 2.45) is 34.0 Å². The number of carbonyl (C=O) groups is 4. The molecule has 5 aliphatic heterocycles. The minimum Gasteiger partial charge on any atom is -0.469 e. The molecule has 51 heavy (non-hydrogen) atoms. The predicted octanol–water partition coefficient (Wildman–Crippen LogP) is -0.203. The highest BCUT2D eigenvalue weighted by molar-refractivity contribution is 5.88. The molecule has 0 aromatic heterocycles. The number of hydrogen-bond acceptors (Lipinski definition) is 16. The topological polar surface area (TPSA) is 215 Å². The zero-order chi connectivity index (χ0) is 36.9. The molecule has 3 saturated carbocycles. The lowest BCUT2D eigenvalue weighted by Gasteiger charge is -2.65. The summed E-state index contributed by atoms with van der Waals surface area (Å²) in [5.74, 6) is -9.76. The maximum absolute atomic E-state index is 14.2. The molecule has 0 unspecified atom stereocenters. The standard InChI is InChI=1S/C35H44O16/c1-8-15(2)24(38)49-18-12-19(48-16(3)36)32(26(39)43-6)13-46-21-22(32)31(18)14-47-34(42,27(40)44-7)25(31)29(4,23(21)37)35-20-11-17(30(35,5)51-35)33(41)9-10-45-28(33)50-20/h8-10,17-23,25,28,37,41-42H,11-14H2,1-7H3/b15-8+/t17-,18+,19+,20-,21-,22-,23+,25+,28+,29+,30-,31-,32+,33+,34-,35+/m1/s1. The summed E-state index contributed by atoms with van der Waals surface area (Å²) in [7, 11) is 2.23. The molecule has 16 heteroatoms. The normalized spacial score (nSPS) is 53.9. The summed E-state index contributed by atoms with van der Waals surface area (Å²) < 4.78 is 54.0. The second-order valence-electron chi connectivity index (χ2n) is 15.8. The average molecular weight is 721 g/mol. The van der Waals surface area contributed by atoms with Crippen LogP contribution in [0.4, 0.5) is 0 Å². The summed E-state index contributed by atoms with van der Waals surface area (Å²) in [6, 6.07) is 0. The van der Waals surface area contributed by atoms with Gasteiger partial charge in [-0.15, -0.1) is 0 Å². The Hall–Kier alpha value is -3.12. The molecule has 0 radical (unpaired) electrons. The molecule has 16 atom stereocenters. The third-order valence-electron chi connectivity index (χ3n) is 14.1. The van der Waals surface area contributed by atoms with Crippen molar-refractivity contribution in [3.63, 3.8) is 0 Å². The van der Waals surface area contributed by atoms with Crippen molar-refractivity contribution < 1.29 is 77.1 Å². The molecule has 4 saturated heterocycles. The van der Waals surface area contributed by atoms with Crippen LogP contribution in [0.2, 0.25) is 0 Å². The lowest BCUT2D eigenvalue weighted by molar-refractivity contribution is -0.314. The first-order chi connectivity index (χ1) is 23.9. The van der Waals surface area contributed by atoms with Gasteiger partial charge in [-0.2, -0.15) is 0 Å². The fraction of sp³-hybridized carbons (Fsp3) is 0.771. The highest BCUT2D eigenvalue weighted by Gasteiger charge is 2.97. The number of carbonyl (C=O) groups excluding carboxylic acids is 4. The van der Waals surface area contributed by atoms with E-state index in [9.17, 15) is 34.5 Å². The molecule has 3 aliphatic carbocycles. The van der Waals surface area contributed by atoms with Crippen LogP contribution in [-0.4, -0.2) is 126 Å². The summed E-state index contributed by atoms with van der Waals surface area (Å²) in [5, 5.41) is 37.4. The lowest BCUT2D eigenvalue weighted by Crippen LogP contribution is -2.79. The number of allylic oxidation sites excluding steroid dienone is 1. The quantitative estimate of drug-likeness (QED) is 0.140. The van der Waals surface area contributed by atoms with E-state index < -0.39 is 130 Å². The monoisotopic (exact) mass is 720 g/mol. The van der Waals surface area contributed by atoms with E-state index in [-0.39, 0.29) is 18.4 Å². The molecule has 16 nitrogen and oxygen atoms in total. The van der Waals surface area contributed by atoms with Gasteiger partial charge < -0.3 is 58.0 Å². The fourth-order valence-electron chi connectivity index (χ4n) is 12.2. The van der Waals surface area contributed by atoms with Crippen LogP contribution in [0.25, 0.3) is 0 Å². The summed E-state index contributed by atoms with van der Waals surface area (Å²) in [6.07, 6.45) is -3.11. The van der Waals surface area contributed by atoms with E-state index in [1.165, 1.54) is 19.3 Å². The second kappa shape index (κ2) is 10.5. The molecule has 5 heterocycles. The second-order valence-corrected chi connectivity index (χ2v) is 15.8. The van der Waals surface area contributed by atoms with Gasteiger partial charge in [-0.25, -0.2) is 9.59 Å². The Kier molecular flexibility index (Phi) is 7.20. The van der Waals surface area contributed by atoms with Gasteiger partial charge in [0.15, 0.2) is 5.60 Å². The zero-order valence-corrected chi connectivity index (χ0v) is 29.4. The van der Waals surface area contributed by atoms with Crippen molar-refractivity contribution in [3.05, 3.63) is 24.0 Å².